The normalized spacial score (nSPS) is 25.0. The zero-order chi connectivity index (χ0) is 24.3. The first-order valence-electron chi connectivity index (χ1n) is 14.7. The van der Waals surface area contributed by atoms with Crippen LogP contribution in [0.15, 0.2) is 48.5 Å². The van der Waals surface area contributed by atoms with Gasteiger partial charge in [-0.1, -0.05) is 114 Å². The molecule has 0 aromatic heterocycles. The average Bonchev–Trinajstić information content (AvgIpc) is 2.92. The maximum atomic E-state index is 6.15. The van der Waals surface area contributed by atoms with E-state index in [1.54, 1.807) is 0 Å². The molecule has 2 atom stereocenters. The van der Waals surface area contributed by atoms with Crippen LogP contribution in [0.25, 0.3) is 11.1 Å². The first-order chi connectivity index (χ1) is 17.3. The summed E-state index contributed by atoms with van der Waals surface area (Å²) in [5.74, 6) is 1.74. The quantitative estimate of drug-likeness (QED) is 0.284. The lowest BCUT2D eigenvalue weighted by atomic mass is 9.77. The molecule has 0 amide bonds. The van der Waals surface area contributed by atoms with Gasteiger partial charge in [-0.2, -0.15) is 0 Å². The number of benzene rings is 2. The van der Waals surface area contributed by atoms with Gasteiger partial charge in [0.15, 0.2) is 0 Å². The number of unbranched alkanes of at least 4 members (excludes halogenated alkanes) is 5. The third kappa shape index (κ3) is 7.92. The van der Waals surface area contributed by atoms with Crippen LogP contribution in [0.1, 0.15) is 120 Å². The molecule has 0 spiro atoms. The van der Waals surface area contributed by atoms with Gasteiger partial charge < -0.3 is 9.47 Å². The number of hydrogen-bond acceptors (Lipinski definition) is 2. The van der Waals surface area contributed by atoms with Crippen LogP contribution < -0.4 is 0 Å². The van der Waals surface area contributed by atoms with Crippen LogP contribution in [-0.2, 0) is 9.47 Å². The van der Waals surface area contributed by atoms with Gasteiger partial charge in [-0.3, -0.25) is 0 Å². The molecule has 35 heavy (non-hydrogen) atoms. The smallest absolute Gasteiger partial charge is 0.106 e. The summed E-state index contributed by atoms with van der Waals surface area (Å²) in [5.41, 5.74) is 5.35. The van der Waals surface area contributed by atoms with Gasteiger partial charge in [0.25, 0.3) is 0 Å². The van der Waals surface area contributed by atoms with Crippen molar-refractivity contribution < 1.29 is 9.47 Å². The van der Waals surface area contributed by atoms with E-state index in [1.807, 2.05) is 0 Å². The summed E-state index contributed by atoms with van der Waals surface area (Å²) in [6.07, 6.45) is 17.9. The molecular weight excluding hydrogens is 428 g/mol. The van der Waals surface area contributed by atoms with Gasteiger partial charge in [0.1, 0.15) is 6.10 Å². The summed E-state index contributed by atoms with van der Waals surface area (Å²) in [6.45, 7) is 5.94. The molecule has 1 heterocycles. The fourth-order valence-corrected chi connectivity index (χ4v) is 6.01. The monoisotopic (exact) mass is 476 g/mol. The summed E-state index contributed by atoms with van der Waals surface area (Å²) >= 11 is 0. The lowest BCUT2D eigenvalue weighted by Crippen LogP contribution is -2.31. The van der Waals surface area contributed by atoms with E-state index in [0.717, 1.165) is 24.9 Å². The van der Waals surface area contributed by atoms with Crippen LogP contribution in [0.3, 0.4) is 0 Å². The van der Waals surface area contributed by atoms with E-state index in [-0.39, 0.29) is 12.2 Å². The molecule has 2 heteroatoms. The van der Waals surface area contributed by atoms with Gasteiger partial charge in [0.2, 0.25) is 0 Å². The van der Waals surface area contributed by atoms with Crippen LogP contribution in [0, 0.1) is 5.92 Å². The van der Waals surface area contributed by atoms with E-state index in [4.69, 9.17) is 9.47 Å². The van der Waals surface area contributed by atoms with Gasteiger partial charge in [-0.05, 0) is 66.2 Å². The molecule has 2 aliphatic rings. The third-order valence-corrected chi connectivity index (χ3v) is 8.41. The van der Waals surface area contributed by atoms with Crippen LogP contribution >= 0.6 is 0 Å². The Balaban J connectivity index is 1.23. The Morgan fingerprint density at radius 2 is 1.20 bits per heavy atom. The third-order valence-electron chi connectivity index (χ3n) is 8.41. The molecule has 4 rings (SSSR count). The Labute approximate surface area is 214 Å². The highest BCUT2D eigenvalue weighted by Crippen LogP contribution is 2.38. The van der Waals surface area contributed by atoms with Gasteiger partial charge in [0, 0.05) is 0 Å². The summed E-state index contributed by atoms with van der Waals surface area (Å²) in [7, 11) is 0. The highest BCUT2D eigenvalue weighted by atomic mass is 16.6. The minimum atomic E-state index is 0.0654. The van der Waals surface area contributed by atoms with E-state index >= 15 is 0 Å². The first kappa shape index (κ1) is 26.4. The second kappa shape index (κ2) is 14.2. The topological polar surface area (TPSA) is 18.5 Å². The highest BCUT2D eigenvalue weighted by Gasteiger charge is 2.24. The van der Waals surface area contributed by atoms with Crippen molar-refractivity contribution in [3.05, 3.63) is 59.7 Å². The molecule has 1 aliphatic heterocycles. The van der Waals surface area contributed by atoms with Crippen molar-refractivity contribution in [3.8, 4) is 11.1 Å². The van der Waals surface area contributed by atoms with E-state index in [0.29, 0.717) is 6.61 Å². The van der Waals surface area contributed by atoms with Crippen molar-refractivity contribution in [2.45, 2.75) is 115 Å². The van der Waals surface area contributed by atoms with Crippen LogP contribution in [-0.4, -0.2) is 19.3 Å². The SMILES string of the molecule is CCCCCCC1CCC(c2ccc(-c3ccc([C@H]4CO[C@H](CCCCC)CO4)cc3)cc2)CC1. The minimum Gasteiger partial charge on any atom is -0.373 e. The lowest BCUT2D eigenvalue weighted by molar-refractivity contribution is -0.137. The zero-order valence-electron chi connectivity index (χ0n) is 22.4. The fourth-order valence-electron chi connectivity index (χ4n) is 6.01. The fraction of sp³-hybridized carbons (Fsp3) is 0.636. The van der Waals surface area contributed by atoms with Crippen molar-refractivity contribution in [2.75, 3.05) is 13.2 Å². The standard InChI is InChI=1S/C33H48O2/c1-3-5-7-9-10-26-12-14-27(15-13-26)28-16-18-29(19-17-28)30-20-22-31(23-21-30)33-25-34-32(24-35-33)11-8-6-4-2/h16-23,26-27,32-33H,3-15,24-25H2,1-2H3/t26?,27?,32-,33-/m1/s1. The molecule has 1 saturated carbocycles. The number of ether oxygens (including phenoxy) is 2. The maximum absolute atomic E-state index is 6.15. The van der Waals surface area contributed by atoms with Gasteiger partial charge >= 0.3 is 0 Å². The summed E-state index contributed by atoms with van der Waals surface area (Å²) in [5, 5.41) is 0. The van der Waals surface area contributed by atoms with Crippen molar-refractivity contribution in [2.24, 2.45) is 5.92 Å². The Kier molecular flexibility index (Phi) is 10.7. The second-order valence-corrected chi connectivity index (χ2v) is 11.1. The molecular formula is C33H48O2. The van der Waals surface area contributed by atoms with E-state index in [1.165, 1.54) is 99.3 Å². The van der Waals surface area contributed by atoms with E-state index < -0.39 is 0 Å². The Morgan fingerprint density at radius 1 is 0.600 bits per heavy atom. The average molecular weight is 477 g/mol. The summed E-state index contributed by atoms with van der Waals surface area (Å²) in [6, 6.07) is 18.3. The highest BCUT2D eigenvalue weighted by molar-refractivity contribution is 5.64. The first-order valence-corrected chi connectivity index (χ1v) is 14.7. The molecule has 192 valence electrons. The predicted molar refractivity (Wildman–Crippen MR) is 148 cm³/mol. The molecule has 0 N–H and O–H groups in total. The number of hydrogen-bond donors (Lipinski definition) is 0. The molecule has 0 radical (unpaired) electrons. The van der Waals surface area contributed by atoms with Crippen molar-refractivity contribution >= 4 is 0 Å². The molecule has 0 unspecified atom stereocenters. The lowest BCUT2D eigenvalue weighted by Gasteiger charge is -2.30. The van der Waals surface area contributed by atoms with Crippen LogP contribution in [0.5, 0.6) is 0 Å². The minimum absolute atomic E-state index is 0.0654. The molecule has 2 nitrogen and oxygen atoms in total. The number of rotatable bonds is 12. The van der Waals surface area contributed by atoms with E-state index in [9.17, 15) is 0 Å². The Morgan fingerprint density at radius 3 is 1.80 bits per heavy atom. The van der Waals surface area contributed by atoms with E-state index in [2.05, 4.69) is 62.4 Å². The molecule has 0 bridgehead atoms. The van der Waals surface area contributed by atoms with Crippen molar-refractivity contribution in [1.82, 2.24) is 0 Å². The Hall–Kier alpha value is -1.64. The molecule has 1 aliphatic carbocycles. The van der Waals surface area contributed by atoms with Gasteiger partial charge in [0.05, 0.1) is 19.3 Å². The molecule has 1 saturated heterocycles. The zero-order valence-corrected chi connectivity index (χ0v) is 22.4. The summed E-state index contributed by atoms with van der Waals surface area (Å²) in [4.78, 5) is 0. The van der Waals surface area contributed by atoms with Crippen molar-refractivity contribution in [3.63, 3.8) is 0 Å². The Bertz CT molecular complexity index is 824. The van der Waals surface area contributed by atoms with Crippen LogP contribution in [0.4, 0.5) is 0 Å². The molecule has 2 aromatic carbocycles. The molecule has 2 fully saturated rings. The summed E-state index contributed by atoms with van der Waals surface area (Å²) < 4.78 is 12.2. The molecule has 2 aromatic rings. The maximum Gasteiger partial charge on any atom is 0.106 e. The van der Waals surface area contributed by atoms with Crippen LogP contribution in [0.2, 0.25) is 0 Å². The van der Waals surface area contributed by atoms with Gasteiger partial charge in [-0.15, -0.1) is 0 Å². The van der Waals surface area contributed by atoms with Crippen molar-refractivity contribution in [1.29, 1.82) is 0 Å². The predicted octanol–water partition coefficient (Wildman–Crippen LogP) is 9.63. The second-order valence-electron chi connectivity index (χ2n) is 11.1. The van der Waals surface area contributed by atoms with Gasteiger partial charge in [-0.25, -0.2) is 0 Å². The largest absolute Gasteiger partial charge is 0.373 e.